The summed E-state index contributed by atoms with van der Waals surface area (Å²) >= 11 is 1.77. The summed E-state index contributed by atoms with van der Waals surface area (Å²) in [5.74, 6) is 1.08. The van der Waals surface area contributed by atoms with Crippen LogP contribution < -0.4 is 5.32 Å². The molecule has 1 aliphatic rings. The Kier molecular flexibility index (Phi) is 4.78. The second kappa shape index (κ2) is 6.34. The van der Waals surface area contributed by atoms with Crippen molar-refractivity contribution in [3.8, 4) is 0 Å². The highest BCUT2D eigenvalue weighted by Gasteiger charge is 2.23. The smallest absolute Gasteiger partial charge is 0.114 e. The Morgan fingerprint density at radius 1 is 1.50 bits per heavy atom. The molecule has 3 nitrogen and oxygen atoms in total. The summed E-state index contributed by atoms with van der Waals surface area (Å²) < 4.78 is 5.83. The molecule has 0 bridgehead atoms. The molecule has 0 radical (unpaired) electrons. The van der Waals surface area contributed by atoms with Gasteiger partial charge in [-0.25, -0.2) is 4.98 Å². The fraction of sp³-hybridized carbons (Fsp3) is 0.643. The summed E-state index contributed by atoms with van der Waals surface area (Å²) in [5.41, 5.74) is 1.13. The van der Waals surface area contributed by atoms with Gasteiger partial charge in [0, 0.05) is 0 Å². The average Bonchev–Trinajstić information content (AvgIpc) is 2.70. The summed E-state index contributed by atoms with van der Waals surface area (Å²) in [5, 5.41) is 4.71. The fourth-order valence-electron chi connectivity index (χ4n) is 2.20. The van der Waals surface area contributed by atoms with E-state index in [1.165, 1.54) is 4.88 Å². The summed E-state index contributed by atoms with van der Waals surface area (Å²) in [6.45, 7) is 8.18. The van der Waals surface area contributed by atoms with Crippen LogP contribution in [0.25, 0.3) is 0 Å². The van der Waals surface area contributed by atoms with Gasteiger partial charge in [0.2, 0.25) is 0 Å². The zero-order valence-electron chi connectivity index (χ0n) is 11.5. The number of hydrogen-bond donors (Lipinski definition) is 1. The first-order valence-electron chi connectivity index (χ1n) is 6.72. The summed E-state index contributed by atoms with van der Waals surface area (Å²) in [6, 6.07) is 0.191. The average molecular weight is 266 g/mol. The molecule has 1 atom stereocenters. The largest absolute Gasteiger partial charge is 0.496 e. The van der Waals surface area contributed by atoms with Gasteiger partial charge in [-0.05, 0) is 45.7 Å². The molecule has 1 unspecified atom stereocenters. The normalized spacial score (nSPS) is 17.2. The third kappa shape index (κ3) is 3.12. The Bertz CT molecular complexity index is 425. The van der Waals surface area contributed by atoms with Crippen molar-refractivity contribution in [2.45, 2.75) is 46.1 Å². The lowest BCUT2D eigenvalue weighted by molar-refractivity contribution is 0.168. The highest BCUT2D eigenvalue weighted by Crippen LogP contribution is 2.32. The number of thiazole rings is 1. The molecule has 1 aromatic rings. The molecule has 100 valence electrons. The van der Waals surface area contributed by atoms with E-state index in [1.807, 2.05) is 0 Å². The lowest BCUT2D eigenvalue weighted by atomic mass is 10.1. The molecule has 0 aliphatic carbocycles. The van der Waals surface area contributed by atoms with E-state index in [1.54, 1.807) is 11.3 Å². The van der Waals surface area contributed by atoms with E-state index in [0.29, 0.717) is 0 Å². The van der Waals surface area contributed by atoms with E-state index >= 15 is 0 Å². The molecule has 1 aliphatic heterocycles. The number of hydrogen-bond acceptors (Lipinski definition) is 4. The van der Waals surface area contributed by atoms with Gasteiger partial charge in [-0.15, -0.1) is 11.3 Å². The van der Waals surface area contributed by atoms with Crippen LogP contribution in [0.2, 0.25) is 0 Å². The minimum Gasteiger partial charge on any atom is -0.496 e. The van der Waals surface area contributed by atoms with Crippen LogP contribution in [0, 0.1) is 13.8 Å². The van der Waals surface area contributed by atoms with Crippen LogP contribution in [-0.4, -0.2) is 18.1 Å². The lowest BCUT2D eigenvalue weighted by Crippen LogP contribution is -2.26. The summed E-state index contributed by atoms with van der Waals surface area (Å²) in [7, 11) is 0. The Balaban J connectivity index is 2.23. The van der Waals surface area contributed by atoms with Crippen LogP contribution in [0.3, 0.4) is 0 Å². The standard InChI is InChI=1S/C14H22N2OS/c1-4-8-15-13(12-7-5-6-9-17-12)14-10(2)16-11(3)18-14/h7,13,15H,4-6,8-9H2,1-3H3. The number of allylic oxidation sites excluding steroid dienone is 1. The van der Waals surface area contributed by atoms with Gasteiger partial charge in [-0.3, -0.25) is 0 Å². The molecule has 0 saturated carbocycles. The molecule has 0 aromatic carbocycles. The van der Waals surface area contributed by atoms with Crippen LogP contribution in [0.5, 0.6) is 0 Å². The topological polar surface area (TPSA) is 34.1 Å². The minimum atomic E-state index is 0.191. The maximum Gasteiger partial charge on any atom is 0.114 e. The number of aromatic nitrogens is 1. The molecule has 0 spiro atoms. The van der Waals surface area contributed by atoms with Crippen molar-refractivity contribution in [3.05, 3.63) is 27.4 Å². The molecule has 0 fully saturated rings. The minimum absolute atomic E-state index is 0.191. The molecule has 0 amide bonds. The second-order valence-electron chi connectivity index (χ2n) is 4.67. The van der Waals surface area contributed by atoms with Gasteiger partial charge in [0.15, 0.2) is 0 Å². The van der Waals surface area contributed by atoms with Gasteiger partial charge >= 0.3 is 0 Å². The zero-order chi connectivity index (χ0) is 13.0. The highest BCUT2D eigenvalue weighted by molar-refractivity contribution is 7.11. The molecule has 1 aromatic heterocycles. The van der Waals surface area contributed by atoms with Crippen molar-refractivity contribution in [3.63, 3.8) is 0 Å². The third-order valence-corrected chi connectivity index (χ3v) is 4.19. The number of ether oxygens (including phenoxy) is 1. The highest BCUT2D eigenvalue weighted by atomic mass is 32.1. The SMILES string of the molecule is CCCNC(C1=CCCCO1)c1sc(C)nc1C. The fourth-order valence-corrected chi connectivity index (χ4v) is 3.22. The molecule has 18 heavy (non-hydrogen) atoms. The van der Waals surface area contributed by atoms with Crippen molar-refractivity contribution >= 4 is 11.3 Å². The predicted molar refractivity (Wildman–Crippen MR) is 75.9 cm³/mol. The van der Waals surface area contributed by atoms with Crippen LogP contribution in [0.15, 0.2) is 11.8 Å². The summed E-state index contributed by atoms with van der Waals surface area (Å²) in [6.07, 6.45) is 5.60. The maximum absolute atomic E-state index is 5.83. The van der Waals surface area contributed by atoms with Crippen molar-refractivity contribution in [2.24, 2.45) is 0 Å². The monoisotopic (exact) mass is 266 g/mol. The molecular formula is C14H22N2OS. The van der Waals surface area contributed by atoms with Crippen molar-refractivity contribution in [1.29, 1.82) is 0 Å². The number of nitrogens with one attached hydrogen (secondary N) is 1. The van der Waals surface area contributed by atoms with Gasteiger partial charge < -0.3 is 10.1 Å². The maximum atomic E-state index is 5.83. The van der Waals surface area contributed by atoms with Gasteiger partial charge in [0.1, 0.15) is 11.8 Å². The van der Waals surface area contributed by atoms with E-state index in [9.17, 15) is 0 Å². The quantitative estimate of drug-likeness (QED) is 0.885. The molecule has 2 heterocycles. The molecule has 1 N–H and O–H groups in total. The first-order chi connectivity index (χ1) is 8.72. The summed E-state index contributed by atoms with van der Waals surface area (Å²) in [4.78, 5) is 5.83. The predicted octanol–water partition coefficient (Wildman–Crippen LogP) is 3.49. The van der Waals surface area contributed by atoms with Crippen molar-refractivity contribution in [1.82, 2.24) is 10.3 Å². The van der Waals surface area contributed by atoms with E-state index in [0.717, 1.165) is 48.9 Å². The first-order valence-corrected chi connectivity index (χ1v) is 7.54. The Labute approximate surface area is 113 Å². The zero-order valence-corrected chi connectivity index (χ0v) is 12.3. The van der Waals surface area contributed by atoms with Crippen LogP contribution in [0.1, 0.15) is 47.8 Å². The van der Waals surface area contributed by atoms with Crippen LogP contribution in [-0.2, 0) is 4.74 Å². The van der Waals surface area contributed by atoms with Crippen molar-refractivity contribution in [2.75, 3.05) is 13.2 Å². The van der Waals surface area contributed by atoms with E-state index < -0.39 is 0 Å². The van der Waals surface area contributed by atoms with Gasteiger partial charge in [-0.1, -0.05) is 6.92 Å². The lowest BCUT2D eigenvalue weighted by Gasteiger charge is -2.24. The Hall–Kier alpha value is -0.870. The van der Waals surface area contributed by atoms with Gasteiger partial charge in [0.05, 0.1) is 22.2 Å². The Morgan fingerprint density at radius 2 is 2.33 bits per heavy atom. The number of nitrogens with zero attached hydrogens (tertiary/aromatic N) is 1. The molecule has 4 heteroatoms. The van der Waals surface area contributed by atoms with E-state index in [2.05, 4.69) is 37.1 Å². The van der Waals surface area contributed by atoms with Crippen molar-refractivity contribution < 1.29 is 4.74 Å². The van der Waals surface area contributed by atoms with Crippen LogP contribution in [0.4, 0.5) is 0 Å². The molecular weight excluding hydrogens is 244 g/mol. The van der Waals surface area contributed by atoms with Gasteiger partial charge in [0.25, 0.3) is 0 Å². The number of aryl methyl sites for hydroxylation is 2. The number of rotatable bonds is 5. The van der Waals surface area contributed by atoms with E-state index in [-0.39, 0.29) is 6.04 Å². The Morgan fingerprint density at radius 3 is 2.89 bits per heavy atom. The van der Waals surface area contributed by atoms with E-state index in [4.69, 9.17) is 4.74 Å². The van der Waals surface area contributed by atoms with Gasteiger partial charge in [-0.2, -0.15) is 0 Å². The molecule has 2 rings (SSSR count). The molecule has 0 saturated heterocycles. The first kappa shape index (κ1) is 13.6. The van der Waals surface area contributed by atoms with Crippen LogP contribution >= 0.6 is 11.3 Å². The third-order valence-electron chi connectivity index (χ3n) is 3.05. The second-order valence-corrected chi connectivity index (χ2v) is 5.90.